The van der Waals surface area contributed by atoms with Crippen molar-refractivity contribution in [3.63, 3.8) is 0 Å². The summed E-state index contributed by atoms with van der Waals surface area (Å²) in [4.78, 5) is 3.05. The van der Waals surface area contributed by atoms with Crippen molar-refractivity contribution in [3.8, 4) is 0 Å². The number of halogens is 2. The van der Waals surface area contributed by atoms with Gasteiger partial charge in [-0.1, -0.05) is 18.2 Å². The van der Waals surface area contributed by atoms with Crippen LogP contribution in [0, 0.1) is 11.3 Å². The molecule has 0 spiro atoms. The van der Waals surface area contributed by atoms with E-state index in [1.807, 2.05) is 0 Å². The Hall–Kier alpha value is -2.04. The van der Waals surface area contributed by atoms with Gasteiger partial charge in [0.05, 0.1) is 17.5 Å². The third kappa shape index (κ3) is 7.37. The minimum Gasteiger partial charge on any atom is -0.402 e. The van der Waals surface area contributed by atoms with E-state index < -0.39 is 15.9 Å². The zero-order chi connectivity index (χ0) is 22.2. The van der Waals surface area contributed by atoms with Crippen molar-refractivity contribution in [2.24, 2.45) is 11.7 Å². The average molecular weight is 449 g/mol. The molecule has 1 atom stereocenters. The molecule has 1 aliphatic rings. The van der Waals surface area contributed by atoms with E-state index in [0.29, 0.717) is 36.7 Å². The number of rotatable bonds is 10. The molecule has 4 N–H and O–H groups in total. The average Bonchev–Trinajstić information content (AvgIpc) is 2.67. The van der Waals surface area contributed by atoms with Gasteiger partial charge in [0.15, 0.2) is 5.83 Å². The lowest BCUT2D eigenvalue weighted by molar-refractivity contribution is 0.256. The third-order valence-electron chi connectivity index (χ3n) is 4.56. The van der Waals surface area contributed by atoms with E-state index in [0.717, 1.165) is 12.8 Å². The highest BCUT2D eigenvalue weighted by Gasteiger charge is 2.26. The summed E-state index contributed by atoms with van der Waals surface area (Å²) in [7, 11) is 0.0199. The van der Waals surface area contributed by atoms with Crippen molar-refractivity contribution in [1.29, 1.82) is 5.41 Å². The van der Waals surface area contributed by atoms with E-state index in [9.17, 15) is 12.8 Å². The number of hydrogen-bond acceptors (Lipinski definition) is 7. The summed E-state index contributed by atoms with van der Waals surface area (Å²) < 4.78 is 39.5. The summed E-state index contributed by atoms with van der Waals surface area (Å²) in [6.45, 7) is 4.78. The molecule has 0 amide bonds. The molecule has 1 aliphatic heterocycles. The summed E-state index contributed by atoms with van der Waals surface area (Å²) in [5, 5.41) is 10.7. The van der Waals surface area contributed by atoms with Crippen LogP contribution in [0.1, 0.15) is 12.8 Å². The van der Waals surface area contributed by atoms with Gasteiger partial charge in [-0.3, -0.25) is 0 Å². The number of sulfonamides is 1. The highest BCUT2D eigenvalue weighted by Crippen LogP contribution is 2.21. The number of nitrogens with one attached hydrogen (secondary N) is 2. The molecule has 8 nitrogen and oxygen atoms in total. The molecule has 0 aliphatic carbocycles. The first-order chi connectivity index (χ1) is 13.5. The quantitative estimate of drug-likeness (QED) is 0.348. The Bertz CT molecular complexity index is 796. The van der Waals surface area contributed by atoms with E-state index in [1.165, 1.54) is 27.7 Å². The Labute approximate surface area is 177 Å². The lowest BCUT2D eigenvalue weighted by Gasteiger charge is -2.34. The van der Waals surface area contributed by atoms with E-state index in [-0.39, 0.29) is 11.7 Å². The van der Waals surface area contributed by atoms with Gasteiger partial charge in [-0.25, -0.2) is 17.1 Å². The second kappa shape index (κ2) is 11.2. The maximum absolute atomic E-state index is 14.4. The van der Waals surface area contributed by atoms with Gasteiger partial charge in [-0.15, -0.1) is 0 Å². The third-order valence-corrected chi connectivity index (χ3v) is 6.08. The predicted octanol–water partition coefficient (Wildman–Crippen LogP) is 1.92. The number of nitrogens with two attached hydrogens (primary N) is 1. The molecule has 1 rings (SSSR count). The Morgan fingerprint density at radius 2 is 2.14 bits per heavy atom. The van der Waals surface area contributed by atoms with Crippen LogP contribution < -0.4 is 11.1 Å². The second-order valence-electron chi connectivity index (χ2n) is 6.76. The lowest BCUT2D eigenvalue weighted by atomic mass is 10.00. The standard InChI is InChI=1S/C18H30ClFN6O2S/c1-5-15(19)13-24(2)17(10-22)25(3)18(16(20)9-21)23-11-14-7-6-8-26(12-14)29(4,27)28/h5,9-10,13-14,21,23H,1,6-8,11-12,22H2,2-4H3/b15-13+,17-10+,18-16+,21-9?. The first-order valence-corrected chi connectivity index (χ1v) is 11.2. The maximum Gasteiger partial charge on any atom is 0.211 e. The molecule has 0 bridgehead atoms. The van der Waals surface area contributed by atoms with Crippen LogP contribution in [0.4, 0.5) is 4.39 Å². The first kappa shape index (κ1) is 25.0. The van der Waals surface area contributed by atoms with Crippen molar-refractivity contribution in [2.75, 3.05) is 40.0 Å². The smallest absolute Gasteiger partial charge is 0.211 e. The highest BCUT2D eigenvalue weighted by atomic mass is 35.5. The fourth-order valence-corrected chi connectivity index (χ4v) is 4.14. The van der Waals surface area contributed by atoms with Gasteiger partial charge in [-0.2, -0.15) is 0 Å². The molecule has 1 unspecified atom stereocenters. The van der Waals surface area contributed by atoms with Crippen LogP contribution in [0.15, 0.2) is 47.6 Å². The van der Waals surface area contributed by atoms with Crippen LogP contribution >= 0.6 is 11.6 Å². The molecule has 0 aromatic heterocycles. The fraction of sp³-hybridized carbons (Fsp3) is 0.500. The van der Waals surface area contributed by atoms with Crippen molar-refractivity contribution < 1.29 is 12.8 Å². The normalized spacial score (nSPS) is 20.0. The molecular weight excluding hydrogens is 419 g/mol. The topological polar surface area (TPSA) is 106 Å². The van der Waals surface area contributed by atoms with E-state index in [2.05, 4.69) is 11.9 Å². The molecule has 0 aromatic rings. The van der Waals surface area contributed by atoms with E-state index >= 15 is 0 Å². The van der Waals surface area contributed by atoms with Gasteiger partial charge in [0.25, 0.3) is 0 Å². The molecule has 1 saturated heterocycles. The van der Waals surface area contributed by atoms with Crippen LogP contribution in [0.5, 0.6) is 0 Å². The van der Waals surface area contributed by atoms with Crippen molar-refractivity contribution in [3.05, 3.63) is 47.6 Å². The minimum atomic E-state index is -3.26. The van der Waals surface area contributed by atoms with Gasteiger partial charge in [-0.05, 0) is 24.8 Å². The Kier molecular flexibility index (Phi) is 9.67. The zero-order valence-corrected chi connectivity index (χ0v) is 18.6. The van der Waals surface area contributed by atoms with Crippen molar-refractivity contribution >= 4 is 27.8 Å². The molecule has 0 aromatic carbocycles. The van der Waals surface area contributed by atoms with Crippen molar-refractivity contribution in [1.82, 2.24) is 19.4 Å². The maximum atomic E-state index is 14.4. The van der Waals surface area contributed by atoms with Gasteiger partial charge in [0.1, 0.15) is 11.6 Å². The monoisotopic (exact) mass is 448 g/mol. The molecule has 11 heteroatoms. The highest BCUT2D eigenvalue weighted by molar-refractivity contribution is 7.88. The Balaban J connectivity index is 2.98. The van der Waals surface area contributed by atoms with Crippen LogP contribution in [0.2, 0.25) is 0 Å². The van der Waals surface area contributed by atoms with Crippen LogP contribution in [0.25, 0.3) is 0 Å². The summed E-state index contributed by atoms with van der Waals surface area (Å²) in [6, 6.07) is 0. The second-order valence-corrected chi connectivity index (χ2v) is 9.18. The SMILES string of the molecule is C=C/C(Cl)=C\N(C)/C(=C\N)N(C)/C(NCC1CCCN(S(C)(=O)=O)C1)=C(/F)C=N. The number of hydrogen-bond donors (Lipinski definition) is 3. The summed E-state index contributed by atoms with van der Waals surface area (Å²) in [5.74, 6) is -0.317. The van der Waals surface area contributed by atoms with E-state index in [1.54, 1.807) is 25.2 Å². The van der Waals surface area contributed by atoms with Crippen LogP contribution in [0.3, 0.4) is 0 Å². The Morgan fingerprint density at radius 1 is 1.48 bits per heavy atom. The molecular formula is C18H30ClFN6O2S. The molecule has 0 saturated carbocycles. The predicted molar refractivity (Wildman–Crippen MR) is 116 cm³/mol. The van der Waals surface area contributed by atoms with Gasteiger partial charge in [0.2, 0.25) is 10.0 Å². The summed E-state index contributed by atoms with van der Waals surface area (Å²) >= 11 is 5.97. The first-order valence-electron chi connectivity index (χ1n) is 9.02. The molecule has 164 valence electrons. The zero-order valence-electron chi connectivity index (χ0n) is 17.0. The van der Waals surface area contributed by atoms with E-state index in [4.69, 9.17) is 22.7 Å². The van der Waals surface area contributed by atoms with Crippen molar-refractivity contribution in [2.45, 2.75) is 12.8 Å². The van der Waals surface area contributed by atoms with Crippen LogP contribution in [-0.2, 0) is 10.0 Å². The molecule has 1 heterocycles. The van der Waals surface area contributed by atoms with Crippen LogP contribution in [-0.4, -0.2) is 68.7 Å². The molecule has 29 heavy (non-hydrogen) atoms. The minimum absolute atomic E-state index is 0.0125. The lowest BCUT2D eigenvalue weighted by Crippen LogP contribution is -2.43. The number of allylic oxidation sites excluding steroid dienone is 3. The van der Waals surface area contributed by atoms with Gasteiger partial charge >= 0.3 is 0 Å². The molecule has 0 radical (unpaired) electrons. The number of piperidine rings is 1. The summed E-state index contributed by atoms with van der Waals surface area (Å²) in [5.41, 5.74) is 5.73. The fourth-order valence-electron chi connectivity index (χ4n) is 3.05. The summed E-state index contributed by atoms with van der Waals surface area (Å²) in [6.07, 6.45) is 7.65. The van der Waals surface area contributed by atoms with Gasteiger partial charge in [0, 0.05) is 46.1 Å². The molecule has 1 fully saturated rings. The largest absolute Gasteiger partial charge is 0.402 e. The Morgan fingerprint density at radius 3 is 2.66 bits per heavy atom. The van der Waals surface area contributed by atoms with Gasteiger partial charge < -0.3 is 26.3 Å². The number of nitrogens with zero attached hydrogens (tertiary/aromatic N) is 3.